The Morgan fingerprint density at radius 2 is 2.17 bits per heavy atom. The number of nitrogens with zero attached hydrogens (tertiary/aromatic N) is 3. The normalized spacial score (nSPS) is 15.3. The number of nitrogens with one attached hydrogen (secondary N) is 1. The van der Waals surface area contributed by atoms with Crippen molar-refractivity contribution in [2.45, 2.75) is 59.0 Å². The van der Waals surface area contributed by atoms with Crippen molar-refractivity contribution in [1.82, 2.24) is 15.1 Å². The maximum atomic E-state index is 12.4. The first-order valence-electron chi connectivity index (χ1n) is 8.76. The van der Waals surface area contributed by atoms with Gasteiger partial charge in [0.05, 0.1) is 12.2 Å². The molecule has 0 spiro atoms. The molecule has 2 heterocycles. The predicted molar refractivity (Wildman–Crippen MR) is 98.4 cm³/mol. The van der Waals surface area contributed by atoms with Gasteiger partial charge in [-0.3, -0.25) is 14.5 Å². The van der Waals surface area contributed by atoms with Gasteiger partial charge in [0.15, 0.2) is 0 Å². The van der Waals surface area contributed by atoms with Crippen molar-refractivity contribution in [3.8, 4) is 0 Å². The molecule has 24 heavy (non-hydrogen) atoms. The monoisotopic (exact) mass is 352 g/mol. The minimum Gasteiger partial charge on any atom is -0.354 e. The molecule has 1 aliphatic rings. The molecule has 1 aliphatic heterocycles. The lowest BCUT2D eigenvalue weighted by Crippen LogP contribution is -2.51. The van der Waals surface area contributed by atoms with Gasteiger partial charge in [0, 0.05) is 19.0 Å². The number of unbranched alkanes of at least 4 members (excludes halogenated alkanes) is 1. The number of amides is 2. The first kappa shape index (κ1) is 18.8. The van der Waals surface area contributed by atoms with E-state index in [4.69, 9.17) is 0 Å². The van der Waals surface area contributed by atoms with Gasteiger partial charge in [-0.15, -0.1) is 0 Å². The summed E-state index contributed by atoms with van der Waals surface area (Å²) in [4.78, 5) is 26.3. The Labute approximate surface area is 148 Å². The highest BCUT2D eigenvalue weighted by Crippen LogP contribution is 2.24. The van der Waals surface area contributed by atoms with Crippen LogP contribution in [0.4, 0.5) is 5.82 Å². The Kier molecular flexibility index (Phi) is 7.15. The van der Waals surface area contributed by atoms with Gasteiger partial charge >= 0.3 is 0 Å². The molecule has 0 fully saturated rings. The first-order chi connectivity index (χ1) is 11.5. The molecule has 0 saturated heterocycles. The number of carbonyl (C=O) groups excluding carboxylic acids is 2. The van der Waals surface area contributed by atoms with Crippen LogP contribution in [0.5, 0.6) is 0 Å². The van der Waals surface area contributed by atoms with Gasteiger partial charge in [-0.25, -0.2) is 4.68 Å². The van der Waals surface area contributed by atoms with Gasteiger partial charge in [0.1, 0.15) is 11.9 Å². The van der Waals surface area contributed by atoms with E-state index >= 15 is 0 Å². The lowest BCUT2D eigenvalue weighted by atomic mass is 10.2. The van der Waals surface area contributed by atoms with Crippen LogP contribution in [0.1, 0.15) is 45.2 Å². The van der Waals surface area contributed by atoms with Crippen LogP contribution in [-0.4, -0.2) is 45.7 Å². The Morgan fingerprint density at radius 3 is 2.92 bits per heavy atom. The third-order valence-corrected chi connectivity index (χ3v) is 5.26. The van der Waals surface area contributed by atoms with Crippen LogP contribution < -0.4 is 10.2 Å². The molecule has 0 aromatic carbocycles. The van der Waals surface area contributed by atoms with E-state index in [1.54, 1.807) is 11.8 Å². The van der Waals surface area contributed by atoms with E-state index in [-0.39, 0.29) is 11.8 Å². The predicted octanol–water partition coefficient (Wildman–Crippen LogP) is 2.36. The fourth-order valence-corrected chi connectivity index (χ4v) is 3.80. The van der Waals surface area contributed by atoms with E-state index in [0.717, 1.165) is 23.7 Å². The number of aryl methyl sites for hydroxylation is 2. The van der Waals surface area contributed by atoms with Crippen molar-refractivity contribution >= 4 is 29.4 Å². The van der Waals surface area contributed by atoms with Crippen molar-refractivity contribution < 1.29 is 9.59 Å². The summed E-state index contributed by atoms with van der Waals surface area (Å²) in [5, 5.41) is 7.33. The zero-order chi connectivity index (χ0) is 17.5. The van der Waals surface area contributed by atoms with Crippen LogP contribution in [0.15, 0.2) is 6.07 Å². The van der Waals surface area contributed by atoms with Crippen LogP contribution in [0.2, 0.25) is 0 Å². The summed E-state index contributed by atoms with van der Waals surface area (Å²) in [7, 11) is 0. The molecule has 6 nitrogen and oxygen atoms in total. The smallest absolute Gasteiger partial charge is 0.242 e. The summed E-state index contributed by atoms with van der Waals surface area (Å²) in [6.07, 6.45) is 3.82. The number of aromatic nitrogens is 2. The zero-order valence-electron chi connectivity index (χ0n) is 14.9. The molecule has 0 bridgehead atoms. The van der Waals surface area contributed by atoms with E-state index in [2.05, 4.69) is 17.3 Å². The minimum absolute atomic E-state index is 0.0137. The fourth-order valence-electron chi connectivity index (χ4n) is 2.75. The summed E-state index contributed by atoms with van der Waals surface area (Å²) in [5.74, 6) is 2.85. The standard InChI is InChI=1S/C17H28N4O2S/c1-4-5-10-24-11-6-8-18-17(23)14(3)21-15-12-13(2)19-20(15)9-7-16(21)22/h12,14H,4-11H2,1-3H3,(H,18,23)/t14-/m1/s1. The lowest BCUT2D eigenvalue weighted by Gasteiger charge is -2.31. The van der Waals surface area contributed by atoms with Gasteiger partial charge in [-0.2, -0.15) is 16.9 Å². The van der Waals surface area contributed by atoms with Crippen molar-refractivity contribution in [2.24, 2.45) is 0 Å². The molecule has 0 radical (unpaired) electrons. The molecule has 1 aromatic rings. The number of carbonyl (C=O) groups is 2. The molecule has 2 amide bonds. The van der Waals surface area contributed by atoms with Gasteiger partial charge < -0.3 is 5.32 Å². The number of fused-ring (bicyclic) bond motifs is 1. The molecule has 1 atom stereocenters. The van der Waals surface area contributed by atoms with Gasteiger partial charge in [0.2, 0.25) is 11.8 Å². The second-order valence-electron chi connectivity index (χ2n) is 6.17. The Morgan fingerprint density at radius 1 is 1.42 bits per heavy atom. The fraction of sp³-hybridized carbons (Fsp3) is 0.706. The van der Waals surface area contributed by atoms with Crippen LogP contribution >= 0.6 is 11.8 Å². The van der Waals surface area contributed by atoms with Crippen LogP contribution in [0.3, 0.4) is 0 Å². The van der Waals surface area contributed by atoms with Crippen molar-refractivity contribution in [1.29, 1.82) is 0 Å². The number of hydrogen-bond acceptors (Lipinski definition) is 4. The van der Waals surface area contributed by atoms with Gasteiger partial charge in [-0.05, 0) is 38.2 Å². The third kappa shape index (κ3) is 4.75. The molecule has 1 aromatic heterocycles. The molecular formula is C17H28N4O2S. The van der Waals surface area contributed by atoms with E-state index in [1.807, 2.05) is 29.4 Å². The third-order valence-electron chi connectivity index (χ3n) is 4.11. The van der Waals surface area contributed by atoms with Crippen molar-refractivity contribution in [3.63, 3.8) is 0 Å². The summed E-state index contributed by atoms with van der Waals surface area (Å²) in [5.41, 5.74) is 0.862. The number of thioether (sulfide) groups is 1. The molecule has 0 unspecified atom stereocenters. The molecule has 7 heteroatoms. The second kappa shape index (κ2) is 9.11. The summed E-state index contributed by atoms with van der Waals surface area (Å²) < 4.78 is 1.81. The molecule has 0 saturated carbocycles. The van der Waals surface area contributed by atoms with Crippen LogP contribution in [-0.2, 0) is 16.1 Å². The van der Waals surface area contributed by atoms with E-state index in [1.165, 1.54) is 18.6 Å². The lowest BCUT2D eigenvalue weighted by molar-refractivity contribution is -0.126. The maximum Gasteiger partial charge on any atom is 0.242 e. The summed E-state index contributed by atoms with van der Waals surface area (Å²) in [6.45, 7) is 7.11. The Bertz CT molecular complexity index is 573. The number of hydrogen-bond donors (Lipinski definition) is 1. The molecule has 2 rings (SSSR count). The Hall–Kier alpha value is -1.50. The van der Waals surface area contributed by atoms with Crippen molar-refractivity contribution in [2.75, 3.05) is 23.0 Å². The van der Waals surface area contributed by atoms with E-state index in [0.29, 0.717) is 19.5 Å². The van der Waals surface area contributed by atoms with Crippen LogP contribution in [0.25, 0.3) is 0 Å². The number of rotatable bonds is 9. The molecule has 1 N–H and O–H groups in total. The average Bonchev–Trinajstić information content (AvgIpc) is 2.93. The molecule has 134 valence electrons. The van der Waals surface area contributed by atoms with Crippen molar-refractivity contribution in [3.05, 3.63) is 11.8 Å². The summed E-state index contributed by atoms with van der Waals surface area (Å²) >= 11 is 1.93. The highest BCUT2D eigenvalue weighted by molar-refractivity contribution is 7.99. The number of anilines is 1. The van der Waals surface area contributed by atoms with Gasteiger partial charge in [0.25, 0.3) is 0 Å². The second-order valence-corrected chi connectivity index (χ2v) is 7.39. The van der Waals surface area contributed by atoms with E-state index in [9.17, 15) is 9.59 Å². The minimum atomic E-state index is -0.514. The average molecular weight is 353 g/mol. The molecular weight excluding hydrogens is 324 g/mol. The first-order valence-corrected chi connectivity index (χ1v) is 9.92. The zero-order valence-corrected chi connectivity index (χ0v) is 15.7. The van der Waals surface area contributed by atoms with Gasteiger partial charge in [-0.1, -0.05) is 13.3 Å². The Balaban J connectivity index is 1.83. The van der Waals surface area contributed by atoms with Crippen LogP contribution in [0, 0.1) is 6.92 Å². The quantitative estimate of drug-likeness (QED) is 0.693. The SMILES string of the molecule is CCCCSCCCNC(=O)[C@@H](C)N1C(=O)CCn2nc(C)cc21. The van der Waals surface area contributed by atoms with E-state index < -0.39 is 6.04 Å². The highest BCUT2D eigenvalue weighted by Gasteiger charge is 2.32. The maximum absolute atomic E-state index is 12.4. The highest BCUT2D eigenvalue weighted by atomic mass is 32.2. The largest absolute Gasteiger partial charge is 0.354 e. The topological polar surface area (TPSA) is 67.2 Å². The molecule has 0 aliphatic carbocycles. The summed E-state index contributed by atoms with van der Waals surface area (Å²) in [6, 6.07) is 1.35.